The zero-order chi connectivity index (χ0) is 13.0. The molecule has 0 radical (unpaired) electrons. The highest BCUT2D eigenvalue weighted by atomic mass is 79.9. The number of nitriles is 1. The van der Waals surface area contributed by atoms with E-state index in [0.717, 1.165) is 28.9 Å². The smallest absolute Gasteiger partial charge is 0.127 e. The molecule has 18 heavy (non-hydrogen) atoms. The van der Waals surface area contributed by atoms with E-state index >= 15 is 0 Å². The standard InChI is InChI=1S/C14H17BrN2O/c1-18-14-6-5-11(15)9-12(14)13(10-16)17-7-3-2-4-8-17/h5-6,9,13H,2-4,7-8H2,1H3. The van der Waals surface area contributed by atoms with Gasteiger partial charge in [-0.2, -0.15) is 5.26 Å². The average Bonchev–Trinajstić information content (AvgIpc) is 2.41. The van der Waals surface area contributed by atoms with Gasteiger partial charge in [0.1, 0.15) is 11.8 Å². The molecule has 0 N–H and O–H groups in total. The Kier molecular flexibility index (Phi) is 4.62. The summed E-state index contributed by atoms with van der Waals surface area (Å²) < 4.78 is 6.36. The second kappa shape index (κ2) is 6.21. The van der Waals surface area contributed by atoms with Crippen LogP contribution < -0.4 is 4.74 Å². The van der Waals surface area contributed by atoms with E-state index in [4.69, 9.17) is 4.74 Å². The van der Waals surface area contributed by atoms with Crippen molar-refractivity contribution in [3.05, 3.63) is 28.2 Å². The van der Waals surface area contributed by atoms with Crippen molar-refractivity contribution in [3.8, 4) is 11.8 Å². The van der Waals surface area contributed by atoms with Crippen LogP contribution in [0.25, 0.3) is 0 Å². The minimum absolute atomic E-state index is 0.210. The SMILES string of the molecule is COc1ccc(Br)cc1C(C#N)N1CCCCC1. The van der Waals surface area contributed by atoms with Crippen molar-refractivity contribution in [2.75, 3.05) is 20.2 Å². The van der Waals surface area contributed by atoms with Gasteiger partial charge in [-0.1, -0.05) is 22.4 Å². The summed E-state index contributed by atoms with van der Waals surface area (Å²) in [4.78, 5) is 2.24. The van der Waals surface area contributed by atoms with Gasteiger partial charge in [-0.3, -0.25) is 4.90 Å². The molecule has 1 aromatic rings. The number of benzene rings is 1. The number of piperidine rings is 1. The van der Waals surface area contributed by atoms with Crippen molar-refractivity contribution >= 4 is 15.9 Å². The van der Waals surface area contributed by atoms with Crippen LogP contribution in [-0.2, 0) is 0 Å². The molecule has 1 aliphatic rings. The first-order valence-corrected chi connectivity index (χ1v) is 7.02. The van der Waals surface area contributed by atoms with E-state index in [1.54, 1.807) is 7.11 Å². The Morgan fingerprint density at radius 3 is 2.67 bits per heavy atom. The number of halogens is 1. The lowest BCUT2D eigenvalue weighted by atomic mass is 10.0. The lowest BCUT2D eigenvalue weighted by Crippen LogP contribution is -2.33. The molecule has 3 nitrogen and oxygen atoms in total. The molecule has 1 atom stereocenters. The predicted octanol–water partition coefficient (Wildman–Crippen LogP) is 3.51. The molecule has 1 heterocycles. The molecule has 1 aliphatic heterocycles. The Hall–Kier alpha value is -1.05. The Bertz CT molecular complexity index is 450. The molecule has 2 rings (SSSR count). The van der Waals surface area contributed by atoms with Gasteiger partial charge >= 0.3 is 0 Å². The summed E-state index contributed by atoms with van der Waals surface area (Å²) in [5.41, 5.74) is 0.955. The van der Waals surface area contributed by atoms with Crippen molar-refractivity contribution in [3.63, 3.8) is 0 Å². The number of likely N-dealkylation sites (tertiary alicyclic amines) is 1. The van der Waals surface area contributed by atoms with Crippen molar-refractivity contribution in [1.29, 1.82) is 5.26 Å². The van der Waals surface area contributed by atoms with Gasteiger partial charge in [0.05, 0.1) is 13.2 Å². The third kappa shape index (κ3) is 2.85. The van der Waals surface area contributed by atoms with Crippen LogP contribution in [-0.4, -0.2) is 25.1 Å². The summed E-state index contributed by atoms with van der Waals surface area (Å²) in [6.45, 7) is 1.99. The minimum Gasteiger partial charge on any atom is -0.496 e. The molecule has 0 aromatic heterocycles. The van der Waals surface area contributed by atoms with E-state index in [9.17, 15) is 5.26 Å². The first kappa shape index (κ1) is 13.4. The molecular formula is C14H17BrN2O. The summed E-state index contributed by atoms with van der Waals surface area (Å²) in [6, 6.07) is 8.04. The quantitative estimate of drug-likeness (QED) is 0.857. The summed E-state index contributed by atoms with van der Waals surface area (Å²) in [5.74, 6) is 0.787. The molecule has 0 bridgehead atoms. The monoisotopic (exact) mass is 308 g/mol. The van der Waals surface area contributed by atoms with Crippen LogP contribution in [0, 0.1) is 11.3 Å². The second-order valence-corrected chi connectivity index (χ2v) is 5.43. The lowest BCUT2D eigenvalue weighted by Gasteiger charge is -2.31. The molecule has 0 spiro atoms. The maximum Gasteiger partial charge on any atom is 0.127 e. The Morgan fingerprint density at radius 2 is 2.06 bits per heavy atom. The van der Waals surface area contributed by atoms with E-state index in [1.807, 2.05) is 18.2 Å². The maximum absolute atomic E-state index is 9.48. The first-order chi connectivity index (χ1) is 8.76. The van der Waals surface area contributed by atoms with Crippen molar-refractivity contribution in [2.24, 2.45) is 0 Å². The van der Waals surface area contributed by atoms with Crippen LogP contribution in [0.15, 0.2) is 22.7 Å². The van der Waals surface area contributed by atoms with E-state index in [2.05, 4.69) is 26.9 Å². The van der Waals surface area contributed by atoms with Crippen LogP contribution in [0.4, 0.5) is 0 Å². The highest BCUT2D eigenvalue weighted by molar-refractivity contribution is 9.10. The van der Waals surface area contributed by atoms with E-state index in [0.29, 0.717) is 0 Å². The molecule has 1 saturated heterocycles. The number of methoxy groups -OCH3 is 1. The predicted molar refractivity (Wildman–Crippen MR) is 74.5 cm³/mol. The Labute approximate surface area is 116 Å². The van der Waals surface area contributed by atoms with Gasteiger partial charge in [-0.25, -0.2) is 0 Å². The number of hydrogen-bond acceptors (Lipinski definition) is 3. The molecule has 96 valence electrons. The van der Waals surface area contributed by atoms with Gasteiger partial charge in [0.2, 0.25) is 0 Å². The third-order valence-electron chi connectivity index (χ3n) is 3.36. The summed E-state index contributed by atoms with van der Waals surface area (Å²) in [6.07, 6.45) is 3.62. The number of rotatable bonds is 3. The van der Waals surface area contributed by atoms with Gasteiger partial charge < -0.3 is 4.74 Å². The van der Waals surface area contributed by atoms with Crippen molar-refractivity contribution in [2.45, 2.75) is 25.3 Å². The Balaban J connectivity index is 2.31. The lowest BCUT2D eigenvalue weighted by molar-refractivity contribution is 0.193. The van der Waals surface area contributed by atoms with Gasteiger partial charge in [0.25, 0.3) is 0 Å². The van der Waals surface area contributed by atoms with E-state index < -0.39 is 0 Å². The van der Waals surface area contributed by atoms with Crippen LogP contribution in [0.2, 0.25) is 0 Å². The molecule has 0 amide bonds. The average molecular weight is 309 g/mol. The normalized spacial score (nSPS) is 18.1. The fraction of sp³-hybridized carbons (Fsp3) is 0.500. The largest absolute Gasteiger partial charge is 0.496 e. The molecule has 0 aliphatic carbocycles. The van der Waals surface area contributed by atoms with Gasteiger partial charge in [-0.05, 0) is 44.1 Å². The molecule has 0 saturated carbocycles. The summed E-state index contributed by atoms with van der Waals surface area (Å²) >= 11 is 3.46. The molecular weight excluding hydrogens is 292 g/mol. The van der Waals surface area contributed by atoms with Crippen LogP contribution in [0.3, 0.4) is 0 Å². The van der Waals surface area contributed by atoms with Crippen LogP contribution in [0.5, 0.6) is 5.75 Å². The van der Waals surface area contributed by atoms with Gasteiger partial charge in [0.15, 0.2) is 0 Å². The minimum atomic E-state index is -0.210. The molecule has 1 aromatic carbocycles. The first-order valence-electron chi connectivity index (χ1n) is 6.23. The van der Waals surface area contributed by atoms with Gasteiger partial charge in [0, 0.05) is 10.0 Å². The number of ether oxygens (including phenoxy) is 1. The van der Waals surface area contributed by atoms with Gasteiger partial charge in [-0.15, -0.1) is 0 Å². The van der Waals surface area contributed by atoms with Crippen LogP contribution >= 0.6 is 15.9 Å². The topological polar surface area (TPSA) is 36.3 Å². The third-order valence-corrected chi connectivity index (χ3v) is 3.86. The number of nitrogens with zero attached hydrogens (tertiary/aromatic N) is 2. The zero-order valence-corrected chi connectivity index (χ0v) is 12.1. The van der Waals surface area contributed by atoms with Crippen molar-refractivity contribution < 1.29 is 4.74 Å². The van der Waals surface area contributed by atoms with E-state index in [-0.39, 0.29) is 6.04 Å². The zero-order valence-electron chi connectivity index (χ0n) is 10.5. The highest BCUT2D eigenvalue weighted by Gasteiger charge is 2.24. The number of hydrogen-bond donors (Lipinski definition) is 0. The van der Waals surface area contributed by atoms with Crippen molar-refractivity contribution in [1.82, 2.24) is 4.90 Å². The second-order valence-electron chi connectivity index (χ2n) is 4.51. The summed E-state index contributed by atoms with van der Waals surface area (Å²) in [5, 5.41) is 9.48. The fourth-order valence-corrected chi connectivity index (χ4v) is 2.82. The maximum atomic E-state index is 9.48. The molecule has 1 fully saturated rings. The fourth-order valence-electron chi connectivity index (χ4n) is 2.44. The van der Waals surface area contributed by atoms with Crippen LogP contribution in [0.1, 0.15) is 30.9 Å². The molecule has 1 unspecified atom stereocenters. The summed E-state index contributed by atoms with van der Waals surface area (Å²) in [7, 11) is 1.65. The highest BCUT2D eigenvalue weighted by Crippen LogP contribution is 2.33. The Morgan fingerprint density at radius 1 is 1.33 bits per heavy atom. The van der Waals surface area contributed by atoms with E-state index in [1.165, 1.54) is 19.3 Å². The molecule has 4 heteroatoms.